The van der Waals surface area contributed by atoms with Crippen LogP contribution in [-0.4, -0.2) is 0 Å². The summed E-state index contributed by atoms with van der Waals surface area (Å²) in [5, 5.41) is 0. The molecule has 3 aromatic rings. The molecule has 0 amide bonds. The van der Waals surface area contributed by atoms with Gasteiger partial charge in [0.1, 0.15) is 11.5 Å². The minimum atomic E-state index is 0.795. The molecular formula is C22H18O. The third-order valence-corrected chi connectivity index (χ3v) is 3.69. The predicted molar refractivity (Wildman–Crippen MR) is 97.6 cm³/mol. The van der Waals surface area contributed by atoms with Crippen molar-refractivity contribution >= 4 is 11.6 Å². The lowest BCUT2D eigenvalue weighted by molar-refractivity contribution is 0.481. The molecule has 0 heterocycles. The molecule has 0 fully saturated rings. The van der Waals surface area contributed by atoms with Crippen molar-refractivity contribution in [2.24, 2.45) is 0 Å². The van der Waals surface area contributed by atoms with Gasteiger partial charge in [-0.1, -0.05) is 79.9 Å². The second-order valence-electron chi connectivity index (χ2n) is 5.21. The number of ether oxygens (including phenoxy) is 1. The quantitative estimate of drug-likeness (QED) is 0.546. The Labute approximate surface area is 137 Å². The van der Waals surface area contributed by atoms with Crippen LogP contribution >= 0.6 is 0 Å². The van der Waals surface area contributed by atoms with Crippen molar-refractivity contribution in [3.63, 3.8) is 0 Å². The molecule has 0 aliphatic heterocycles. The molecule has 3 aromatic carbocycles. The van der Waals surface area contributed by atoms with Crippen LogP contribution in [0.3, 0.4) is 0 Å². The normalized spacial score (nSPS) is 10.1. The number of para-hydroxylation sites is 1. The van der Waals surface area contributed by atoms with Crippen molar-refractivity contribution in [2.45, 2.75) is 0 Å². The second kappa shape index (κ2) is 6.80. The van der Waals surface area contributed by atoms with Crippen LogP contribution in [0, 0.1) is 0 Å². The zero-order valence-corrected chi connectivity index (χ0v) is 12.9. The van der Waals surface area contributed by atoms with E-state index in [0.717, 1.165) is 33.8 Å². The van der Waals surface area contributed by atoms with Crippen molar-refractivity contribution in [1.82, 2.24) is 0 Å². The van der Waals surface area contributed by atoms with Gasteiger partial charge in [-0.15, -0.1) is 0 Å². The number of hydrogen-bond donors (Lipinski definition) is 0. The van der Waals surface area contributed by atoms with Crippen LogP contribution in [0.1, 0.15) is 16.7 Å². The highest BCUT2D eigenvalue weighted by molar-refractivity contribution is 5.78. The van der Waals surface area contributed by atoms with Crippen molar-refractivity contribution < 1.29 is 4.74 Å². The molecule has 0 spiro atoms. The van der Waals surface area contributed by atoms with E-state index in [9.17, 15) is 0 Å². The Hall–Kier alpha value is -3.06. The van der Waals surface area contributed by atoms with E-state index in [1.54, 1.807) is 6.08 Å². The summed E-state index contributed by atoms with van der Waals surface area (Å²) in [6, 6.07) is 26.0. The van der Waals surface area contributed by atoms with Crippen molar-refractivity contribution in [3.05, 3.63) is 109 Å². The van der Waals surface area contributed by atoms with Crippen molar-refractivity contribution in [3.8, 4) is 11.5 Å². The first-order valence-corrected chi connectivity index (χ1v) is 7.52. The van der Waals surface area contributed by atoms with Crippen LogP contribution in [0.25, 0.3) is 11.6 Å². The fraction of sp³-hybridized carbons (Fsp3) is 0. The molecule has 0 N–H and O–H groups in total. The molecule has 0 saturated heterocycles. The van der Waals surface area contributed by atoms with Gasteiger partial charge in [-0.05, 0) is 34.9 Å². The molecule has 0 bridgehead atoms. The molecule has 0 aromatic heterocycles. The monoisotopic (exact) mass is 298 g/mol. The SMILES string of the molecule is C=Cc1ccccc1Oc1ccc(C(=C)c2ccccc2)cc1. The lowest BCUT2D eigenvalue weighted by Gasteiger charge is -2.10. The van der Waals surface area contributed by atoms with Gasteiger partial charge >= 0.3 is 0 Å². The fourth-order valence-corrected chi connectivity index (χ4v) is 2.40. The Bertz CT molecular complexity index is 814. The topological polar surface area (TPSA) is 9.23 Å². The third-order valence-electron chi connectivity index (χ3n) is 3.69. The summed E-state index contributed by atoms with van der Waals surface area (Å²) in [4.78, 5) is 0. The van der Waals surface area contributed by atoms with Gasteiger partial charge in [-0.25, -0.2) is 0 Å². The summed E-state index contributed by atoms with van der Waals surface area (Å²) in [5.41, 5.74) is 4.19. The number of hydrogen-bond acceptors (Lipinski definition) is 1. The molecule has 1 heteroatoms. The minimum absolute atomic E-state index is 0.795. The van der Waals surface area contributed by atoms with E-state index < -0.39 is 0 Å². The number of rotatable bonds is 5. The van der Waals surface area contributed by atoms with E-state index in [4.69, 9.17) is 4.74 Å². The molecule has 112 valence electrons. The third kappa shape index (κ3) is 3.41. The minimum Gasteiger partial charge on any atom is -0.457 e. The predicted octanol–water partition coefficient (Wildman–Crippen LogP) is 6.18. The maximum atomic E-state index is 5.94. The van der Waals surface area contributed by atoms with Crippen LogP contribution in [0.5, 0.6) is 11.5 Å². The lowest BCUT2D eigenvalue weighted by atomic mass is 10.00. The Kier molecular flexibility index (Phi) is 4.39. The van der Waals surface area contributed by atoms with Crippen LogP contribution in [0.15, 0.2) is 92.0 Å². The smallest absolute Gasteiger partial charge is 0.134 e. The van der Waals surface area contributed by atoms with Crippen molar-refractivity contribution in [2.75, 3.05) is 0 Å². The van der Waals surface area contributed by atoms with Gasteiger partial charge in [0, 0.05) is 5.56 Å². The highest BCUT2D eigenvalue weighted by Crippen LogP contribution is 2.28. The van der Waals surface area contributed by atoms with Crippen LogP contribution in [-0.2, 0) is 0 Å². The Morgan fingerprint density at radius 1 is 0.739 bits per heavy atom. The first kappa shape index (κ1) is 14.9. The largest absolute Gasteiger partial charge is 0.457 e. The van der Waals surface area contributed by atoms with E-state index in [1.165, 1.54) is 0 Å². The summed E-state index contributed by atoms with van der Waals surface area (Å²) in [7, 11) is 0. The molecule has 0 radical (unpaired) electrons. The first-order valence-electron chi connectivity index (χ1n) is 7.52. The number of benzene rings is 3. The molecule has 0 aliphatic rings. The Balaban J connectivity index is 1.80. The molecule has 3 rings (SSSR count). The molecule has 23 heavy (non-hydrogen) atoms. The summed E-state index contributed by atoms with van der Waals surface area (Å²) >= 11 is 0. The van der Waals surface area contributed by atoms with Gasteiger partial charge < -0.3 is 4.74 Å². The van der Waals surface area contributed by atoms with Gasteiger partial charge in [-0.3, -0.25) is 0 Å². The van der Waals surface area contributed by atoms with E-state index in [2.05, 4.69) is 25.3 Å². The lowest BCUT2D eigenvalue weighted by Crippen LogP contribution is -1.89. The molecule has 0 unspecified atom stereocenters. The van der Waals surface area contributed by atoms with Gasteiger partial charge in [0.25, 0.3) is 0 Å². The summed E-state index contributed by atoms with van der Waals surface area (Å²) in [6.45, 7) is 7.99. The maximum Gasteiger partial charge on any atom is 0.134 e. The van der Waals surface area contributed by atoms with E-state index >= 15 is 0 Å². The maximum absolute atomic E-state index is 5.94. The molecule has 0 atom stereocenters. The van der Waals surface area contributed by atoms with E-state index in [1.807, 2.05) is 66.7 Å². The van der Waals surface area contributed by atoms with Gasteiger partial charge in [0.15, 0.2) is 0 Å². The van der Waals surface area contributed by atoms with Gasteiger partial charge in [0.05, 0.1) is 0 Å². The van der Waals surface area contributed by atoms with E-state index in [0.29, 0.717) is 0 Å². The molecular weight excluding hydrogens is 280 g/mol. The highest BCUT2D eigenvalue weighted by Gasteiger charge is 2.04. The van der Waals surface area contributed by atoms with Crippen LogP contribution in [0.4, 0.5) is 0 Å². The molecule has 0 saturated carbocycles. The average molecular weight is 298 g/mol. The summed E-state index contributed by atoms with van der Waals surface area (Å²) in [6.07, 6.45) is 1.79. The van der Waals surface area contributed by atoms with Crippen molar-refractivity contribution in [1.29, 1.82) is 0 Å². The summed E-state index contributed by atoms with van der Waals surface area (Å²) < 4.78 is 5.94. The summed E-state index contributed by atoms with van der Waals surface area (Å²) in [5.74, 6) is 1.60. The zero-order valence-electron chi connectivity index (χ0n) is 12.9. The fourth-order valence-electron chi connectivity index (χ4n) is 2.40. The molecule has 1 nitrogen and oxygen atoms in total. The zero-order chi connectivity index (χ0) is 16.1. The molecule has 0 aliphatic carbocycles. The average Bonchev–Trinajstić information content (AvgIpc) is 2.63. The van der Waals surface area contributed by atoms with Gasteiger partial charge in [-0.2, -0.15) is 0 Å². The highest BCUT2D eigenvalue weighted by atomic mass is 16.5. The van der Waals surface area contributed by atoms with Crippen LogP contribution < -0.4 is 4.74 Å². The Morgan fingerprint density at radius 2 is 1.35 bits per heavy atom. The van der Waals surface area contributed by atoms with E-state index in [-0.39, 0.29) is 0 Å². The second-order valence-corrected chi connectivity index (χ2v) is 5.21. The standard InChI is InChI=1S/C22H18O/c1-3-18-9-7-8-12-22(18)23-21-15-13-20(14-16-21)17(2)19-10-5-4-6-11-19/h3-16H,1-2H2. The Morgan fingerprint density at radius 3 is 2.04 bits per heavy atom. The first-order chi connectivity index (χ1) is 11.3. The van der Waals surface area contributed by atoms with Crippen LogP contribution in [0.2, 0.25) is 0 Å². The van der Waals surface area contributed by atoms with Gasteiger partial charge in [0.2, 0.25) is 0 Å².